The average molecular weight is 571 g/mol. The number of rotatable bonds is 33. The van der Waals surface area contributed by atoms with E-state index in [9.17, 15) is 9.90 Å². The van der Waals surface area contributed by atoms with Gasteiger partial charge in [-0.25, -0.2) is 0 Å². The lowest BCUT2D eigenvalue weighted by atomic mass is 10.1. The van der Waals surface area contributed by atoms with Gasteiger partial charge >= 0.3 is 5.97 Å². The highest BCUT2D eigenvalue weighted by molar-refractivity contribution is 5.69. The molecule has 0 heterocycles. The van der Waals surface area contributed by atoms with E-state index >= 15 is 0 Å². The van der Waals surface area contributed by atoms with Crippen LogP contribution in [0.4, 0.5) is 0 Å². The Kier molecular flexibility index (Phi) is 32.5. The number of hydrogen-bond donors (Lipinski definition) is 2. The minimum atomic E-state index is -0.837. The summed E-state index contributed by atoms with van der Waals surface area (Å²) < 4.78 is 47.8. The standard InChI is InChI=1S/C27H54O12/c1-2-3-4-5-6-7-27(30)39-25-26(29)24-38-23-22-37-21-20-36-19-18-35-17-16-34-15-14-33-13-12-32-11-10-31-9-8-28/h26,28-29H,2-25H2,1H3. The predicted octanol–water partition coefficient (Wildman–Crippen LogP) is 1.38. The van der Waals surface area contributed by atoms with Crippen molar-refractivity contribution >= 4 is 5.97 Å². The molecular formula is C27H54O12. The van der Waals surface area contributed by atoms with Gasteiger partial charge in [0, 0.05) is 6.42 Å². The van der Waals surface area contributed by atoms with E-state index in [-0.39, 0.29) is 25.8 Å². The quantitative estimate of drug-likeness (QED) is 0.0870. The first kappa shape index (κ1) is 38.1. The van der Waals surface area contributed by atoms with Gasteiger partial charge in [0.25, 0.3) is 0 Å². The zero-order valence-electron chi connectivity index (χ0n) is 24.0. The molecule has 12 nitrogen and oxygen atoms in total. The maximum absolute atomic E-state index is 11.6. The Balaban J connectivity index is 3.18. The van der Waals surface area contributed by atoms with Crippen LogP contribution in [0, 0.1) is 0 Å². The van der Waals surface area contributed by atoms with E-state index in [1.807, 2.05) is 0 Å². The average Bonchev–Trinajstić information content (AvgIpc) is 2.94. The monoisotopic (exact) mass is 570 g/mol. The van der Waals surface area contributed by atoms with Crippen LogP contribution in [-0.4, -0.2) is 141 Å². The molecule has 0 saturated carbocycles. The number of esters is 1. The molecule has 0 spiro atoms. The zero-order valence-corrected chi connectivity index (χ0v) is 24.0. The maximum atomic E-state index is 11.6. The molecular weight excluding hydrogens is 516 g/mol. The van der Waals surface area contributed by atoms with Gasteiger partial charge in [-0.15, -0.1) is 0 Å². The molecule has 0 aliphatic rings. The molecule has 1 atom stereocenters. The van der Waals surface area contributed by atoms with Crippen LogP contribution in [0.15, 0.2) is 0 Å². The third-order valence-corrected chi connectivity index (χ3v) is 5.07. The lowest BCUT2D eigenvalue weighted by Gasteiger charge is -2.12. The summed E-state index contributed by atoms with van der Waals surface area (Å²) in [7, 11) is 0. The van der Waals surface area contributed by atoms with Crippen molar-refractivity contribution in [3.8, 4) is 0 Å². The molecule has 0 aromatic rings. The second-order valence-electron chi connectivity index (χ2n) is 8.59. The normalized spacial score (nSPS) is 12.2. The van der Waals surface area contributed by atoms with Crippen molar-refractivity contribution in [2.75, 3.05) is 119 Å². The predicted molar refractivity (Wildman–Crippen MR) is 144 cm³/mol. The van der Waals surface area contributed by atoms with Crippen LogP contribution in [0.1, 0.15) is 45.4 Å². The highest BCUT2D eigenvalue weighted by atomic mass is 16.6. The van der Waals surface area contributed by atoms with Gasteiger partial charge in [0.2, 0.25) is 0 Å². The topological polar surface area (TPSA) is 141 Å². The second kappa shape index (κ2) is 33.3. The SMILES string of the molecule is CCCCCCCC(=O)OCC(O)COCCOCCOCCOCCOCCOCCOCCOCCO. The molecule has 0 fully saturated rings. The molecule has 0 saturated heterocycles. The van der Waals surface area contributed by atoms with E-state index in [1.165, 1.54) is 12.8 Å². The van der Waals surface area contributed by atoms with Gasteiger partial charge in [0.15, 0.2) is 0 Å². The molecule has 0 amide bonds. The zero-order chi connectivity index (χ0) is 28.5. The van der Waals surface area contributed by atoms with Crippen LogP contribution in [0.2, 0.25) is 0 Å². The Morgan fingerprint density at radius 3 is 1.33 bits per heavy atom. The summed E-state index contributed by atoms with van der Waals surface area (Å²) in [5, 5.41) is 18.4. The first-order chi connectivity index (χ1) is 19.2. The third kappa shape index (κ3) is 33.2. The molecule has 0 bridgehead atoms. The van der Waals surface area contributed by atoms with Gasteiger partial charge in [0.1, 0.15) is 12.7 Å². The fourth-order valence-electron chi connectivity index (χ4n) is 3.01. The van der Waals surface area contributed by atoms with Gasteiger partial charge in [0.05, 0.1) is 112 Å². The summed E-state index contributed by atoms with van der Waals surface area (Å²) in [5.74, 6) is -0.272. The highest BCUT2D eigenvalue weighted by Crippen LogP contribution is 2.06. The Bertz CT molecular complexity index is 484. The Morgan fingerprint density at radius 2 is 0.923 bits per heavy atom. The lowest BCUT2D eigenvalue weighted by Crippen LogP contribution is -2.24. The molecule has 0 aromatic heterocycles. The van der Waals surface area contributed by atoms with Crippen LogP contribution in [0.25, 0.3) is 0 Å². The molecule has 1 unspecified atom stereocenters. The molecule has 234 valence electrons. The second-order valence-corrected chi connectivity index (χ2v) is 8.59. The molecule has 0 aromatic carbocycles. The molecule has 0 aliphatic carbocycles. The smallest absolute Gasteiger partial charge is 0.305 e. The minimum Gasteiger partial charge on any atom is -0.463 e. The van der Waals surface area contributed by atoms with E-state index in [2.05, 4.69) is 6.92 Å². The number of hydrogen-bond acceptors (Lipinski definition) is 12. The van der Waals surface area contributed by atoms with E-state index in [4.69, 9.17) is 47.7 Å². The largest absolute Gasteiger partial charge is 0.463 e. The highest BCUT2D eigenvalue weighted by Gasteiger charge is 2.09. The summed E-state index contributed by atoms with van der Waals surface area (Å²) in [6.07, 6.45) is 4.92. The molecule has 12 heteroatoms. The Morgan fingerprint density at radius 1 is 0.538 bits per heavy atom. The first-order valence-corrected chi connectivity index (χ1v) is 14.3. The van der Waals surface area contributed by atoms with E-state index in [0.717, 1.165) is 19.3 Å². The van der Waals surface area contributed by atoms with Crippen LogP contribution >= 0.6 is 0 Å². The number of unbranched alkanes of at least 4 members (excludes halogenated alkanes) is 4. The Labute approximate surface area is 234 Å². The van der Waals surface area contributed by atoms with Crippen LogP contribution in [0.5, 0.6) is 0 Å². The summed E-state index contributed by atoms with van der Waals surface area (Å²) in [5.41, 5.74) is 0. The molecule has 2 N–H and O–H groups in total. The minimum absolute atomic E-state index is 0.0204. The van der Waals surface area contributed by atoms with Crippen molar-refractivity contribution in [3.63, 3.8) is 0 Å². The molecule has 0 radical (unpaired) electrons. The van der Waals surface area contributed by atoms with Crippen molar-refractivity contribution in [1.82, 2.24) is 0 Å². The van der Waals surface area contributed by atoms with Crippen LogP contribution in [0.3, 0.4) is 0 Å². The van der Waals surface area contributed by atoms with Gasteiger partial charge in [-0.3, -0.25) is 4.79 Å². The summed E-state index contributed by atoms with van der Waals surface area (Å²) in [6, 6.07) is 0. The first-order valence-electron chi connectivity index (χ1n) is 14.3. The maximum Gasteiger partial charge on any atom is 0.305 e. The van der Waals surface area contributed by atoms with Crippen molar-refractivity contribution in [3.05, 3.63) is 0 Å². The molecule has 39 heavy (non-hydrogen) atoms. The van der Waals surface area contributed by atoms with Gasteiger partial charge in [-0.05, 0) is 6.42 Å². The summed E-state index contributed by atoms with van der Waals surface area (Å²) in [6.45, 7) is 9.00. The Hall–Kier alpha value is -0.930. The van der Waals surface area contributed by atoms with Gasteiger partial charge in [-0.2, -0.15) is 0 Å². The van der Waals surface area contributed by atoms with Crippen molar-refractivity contribution in [2.45, 2.75) is 51.6 Å². The third-order valence-electron chi connectivity index (χ3n) is 5.07. The lowest BCUT2D eigenvalue weighted by molar-refractivity contribution is -0.148. The van der Waals surface area contributed by atoms with E-state index in [1.54, 1.807) is 0 Å². The van der Waals surface area contributed by atoms with Crippen LogP contribution in [-0.2, 0) is 47.4 Å². The number of carbonyl (C=O) groups is 1. The number of ether oxygens (including phenoxy) is 9. The van der Waals surface area contributed by atoms with Gasteiger partial charge < -0.3 is 52.8 Å². The fraction of sp³-hybridized carbons (Fsp3) is 0.963. The molecule has 0 rings (SSSR count). The molecule has 0 aliphatic heterocycles. The van der Waals surface area contributed by atoms with Crippen molar-refractivity contribution in [2.24, 2.45) is 0 Å². The van der Waals surface area contributed by atoms with E-state index in [0.29, 0.717) is 106 Å². The van der Waals surface area contributed by atoms with Gasteiger partial charge in [-0.1, -0.05) is 32.6 Å². The fourth-order valence-corrected chi connectivity index (χ4v) is 3.01. The summed E-state index contributed by atoms with van der Waals surface area (Å²) >= 11 is 0. The van der Waals surface area contributed by atoms with Crippen molar-refractivity contribution < 1.29 is 57.6 Å². The number of aliphatic hydroxyl groups is 2. The number of aliphatic hydroxyl groups excluding tert-OH is 2. The number of carbonyl (C=O) groups excluding carboxylic acids is 1. The van der Waals surface area contributed by atoms with Crippen molar-refractivity contribution in [1.29, 1.82) is 0 Å². The summed E-state index contributed by atoms with van der Waals surface area (Å²) in [4.78, 5) is 11.6. The van der Waals surface area contributed by atoms with E-state index < -0.39 is 6.10 Å². The van der Waals surface area contributed by atoms with Crippen LogP contribution < -0.4 is 0 Å².